The molecule has 6 heteroatoms. The monoisotopic (exact) mass is 285 g/mol. The summed E-state index contributed by atoms with van der Waals surface area (Å²) in [6.45, 7) is 0.322. The van der Waals surface area contributed by atoms with Crippen molar-refractivity contribution in [1.82, 2.24) is 15.6 Å². The number of hydrogen-bond acceptors (Lipinski definition) is 4. The summed E-state index contributed by atoms with van der Waals surface area (Å²) < 4.78 is 0. The molecule has 3 N–H and O–H groups in total. The average Bonchev–Trinajstić information content (AvgIpc) is 2.52. The molecule has 1 aromatic heterocycles. The fraction of sp³-hybridized carbons (Fsp3) is 0.133. The van der Waals surface area contributed by atoms with E-state index < -0.39 is 0 Å². The van der Waals surface area contributed by atoms with Gasteiger partial charge in [0.05, 0.1) is 11.8 Å². The first kappa shape index (κ1) is 14.5. The Morgan fingerprint density at radius 3 is 2.43 bits per heavy atom. The second-order valence-electron chi connectivity index (χ2n) is 4.39. The largest absolute Gasteiger partial charge is 0.506 e. The minimum atomic E-state index is -0.325. The summed E-state index contributed by atoms with van der Waals surface area (Å²) in [5.74, 6) is -0.539. The average molecular weight is 285 g/mol. The highest BCUT2D eigenvalue weighted by molar-refractivity contribution is 5.94. The molecule has 0 saturated heterocycles. The van der Waals surface area contributed by atoms with Gasteiger partial charge < -0.3 is 15.7 Å². The van der Waals surface area contributed by atoms with Gasteiger partial charge in [0, 0.05) is 25.4 Å². The van der Waals surface area contributed by atoms with Crippen LogP contribution in [0.2, 0.25) is 0 Å². The highest BCUT2D eigenvalue weighted by Gasteiger charge is 2.07. The third kappa shape index (κ3) is 3.79. The number of benzene rings is 1. The summed E-state index contributed by atoms with van der Waals surface area (Å²) in [5.41, 5.74) is 1.71. The van der Waals surface area contributed by atoms with Crippen LogP contribution in [0.4, 0.5) is 0 Å². The molecule has 0 aliphatic carbocycles. The zero-order valence-electron chi connectivity index (χ0n) is 11.5. The Morgan fingerprint density at radius 1 is 1.10 bits per heavy atom. The predicted molar refractivity (Wildman–Crippen MR) is 76.9 cm³/mol. The first-order valence-corrected chi connectivity index (χ1v) is 6.33. The molecule has 0 aliphatic heterocycles. The number of aromatic hydroxyl groups is 1. The van der Waals surface area contributed by atoms with Gasteiger partial charge in [0.1, 0.15) is 5.75 Å². The highest BCUT2D eigenvalue weighted by Crippen LogP contribution is 2.09. The van der Waals surface area contributed by atoms with Crippen LogP contribution in [0.1, 0.15) is 26.3 Å². The van der Waals surface area contributed by atoms with Crippen LogP contribution in [-0.2, 0) is 6.54 Å². The molecular weight excluding hydrogens is 270 g/mol. The van der Waals surface area contributed by atoms with E-state index in [1.165, 1.54) is 18.5 Å². The molecule has 0 fully saturated rings. The second kappa shape index (κ2) is 6.51. The normalized spacial score (nSPS) is 9.95. The lowest BCUT2D eigenvalue weighted by Gasteiger charge is -2.06. The zero-order valence-corrected chi connectivity index (χ0v) is 11.5. The van der Waals surface area contributed by atoms with Crippen molar-refractivity contribution in [2.75, 3.05) is 7.05 Å². The van der Waals surface area contributed by atoms with Crippen molar-refractivity contribution in [3.63, 3.8) is 0 Å². The number of rotatable bonds is 4. The molecule has 6 nitrogen and oxygen atoms in total. The summed E-state index contributed by atoms with van der Waals surface area (Å²) >= 11 is 0. The van der Waals surface area contributed by atoms with E-state index in [2.05, 4.69) is 15.6 Å². The summed E-state index contributed by atoms with van der Waals surface area (Å²) in [7, 11) is 1.57. The number of amides is 2. The van der Waals surface area contributed by atoms with Crippen LogP contribution < -0.4 is 10.6 Å². The van der Waals surface area contributed by atoms with Crippen LogP contribution in [0, 0.1) is 0 Å². The van der Waals surface area contributed by atoms with E-state index in [0.717, 1.165) is 5.56 Å². The predicted octanol–water partition coefficient (Wildman–Crippen LogP) is 1.08. The van der Waals surface area contributed by atoms with Crippen molar-refractivity contribution in [2.24, 2.45) is 0 Å². The molecule has 0 saturated carbocycles. The molecule has 21 heavy (non-hydrogen) atoms. The van der Waals surface area contributed by atoms with Gasteiger partial charge in [0.2, 0.25) is 0 Å². The maximum atomic E-state index is 11.9. The molecule has 108 valence electrons. The molecule has 0 unspecified atom stereocenters. The van der Waals surface area contributed by atoms with Crippen molar-refractivity contribution in [3.05, 3.63) is 59.4 Å². The molecule has 2 amide bonds. The van der Waals surface area contributed by atoms with E-state index in [-0.39, 0.29) is 23.1 Å². The Balaban J connectivity index is 1.97. The number of pyridine rings is 1. The van der Waals surface area contributed by atoms with Crippen LogP contribution in [-0.4, -0.2) is 29.0 Å². The van der Waals surface area contributed by atoms with Gasteiger partial charge in [-0.3, -0.25) is 14.6 Å². The fourth-order valence-electron chi connectivity index (χ4n) is 1.75. The quantitative estimate of drug-likeness (QED) is 0.784. The Morgan fingerprint density at radius 2 is 1.81 bits per heavy atom. The van der Waals surface area contributed by atoms with Crippen LogP contribution in [0.5, 0.6) is 5.75 Å². The van der Waals surface area contributed by atoms with Gasteiger partial charge in [-0.15, -0.1) is 0 Å². The Labute approximate surface area is 121 Å². The van der Waals surface area contributed by atoms with E-state index in [1.807, 2.05) is 0 Å². The molecule has 1 heterocycles. The lowest BCUT2D eigenvalue weighted by Crippen LogP contribution is -2.23. The number of aromatic nitrogens is 1. The van der Waals surface area contributed by atoms with Crippen molar-refractivity contribution < 1.29 is 14.7 Å². The van der Waals surface area contributed by atoms with Crippen LogP contribution in [0.25, 0.3) is 0 Å². The minimum Gasteiger partial charge on any atom is -0.506 e. The number of carbonyl (C=O) groups excluding carboxylic acids is 2. The van der Waals surface area contributed by atoms with E-state index in [9.17, 15) is 14.7 Å². The zero-order chi connectivity index (χ0) is 15.2. The lowest BCUT2D eigenvalue weighted by molar-refractivity contribution is 0.0945. The third-order valence-electron chi connectivity index (χ3n) is 2.88. The van der Waals surface area contributed by atoms with Crippen molar-refractivity contribution in [3.8, 4) is 5.75 Å². The maximum absolute atomic E-state index is 11.9. The molecule has 0 aliphatic rings. The summed E-state index contributed by atoms with van der Waals surface area (Å²) in [4.78, 5) is 27.0. The number of nitrogens with one attached hydrogen (secondary N) is 2. The van der Waals surface area contributed by atoms with Crippen molar-refractivity contribution >= 4 is 11.8 Å². The van der Waals surface area contributed by atoms with Gasteiger partial charge in [-0.1, -0.05) is 12.1 Å². The van der Waals surface area contributed by atoms with Gasteiger partial charge in [0.15, 0.2) is 0 Å². The van der Waals surface area contributed by atoms with Crippen LogP contribution >= 0.6 is 0 Å². The standard InChI is InChI=1S/C15H15N3O3/c1-16-14(20)11-4-2-10(3-5-11)7-18-15(21)12-6-13(19)9-17-8-12/h2-6,8-9,19H,7H2,1H3,(H,16,20)(H,18,21). The molecule has 0 radical (unpaired) electrons. The van der Waals surface area contributed by atoms with E-state index >= 15 is 0 Å². The second-order valence-corrected chi connectivity index (χ2v) is 4.39. The first-order chi connectivity index (χ1) is 10.1. The fourth-order valence-corrected chi connectivity index (χ4v) is 1.75. The van der Waals surface area contributed by atoms with E-state index in [4.69, 9.17) is 0 Å². The topological polar surface area (TPSA) is 91.3 Å². The summed E-state index contributed by atoms with van der Waals surface area (Å²) in [6.07, 6.45) is 2.64. The van der Waals surface area contributed by atoms with Crippen molar-refractivity contribution in [2.45, 2.75) is 6.54 Å². The minimum absolute atomic E-state index is 0.0578. The van der Waals surface area contributed by atoms with Gasteiger partial charge in [0.25, 0.3) is 11.8 Å². The summed E-state index contributed by atoms with van der Waals surface area (Å²) in [5, 5.41) is 14.5. The molecule has 0 spiro atoms. The molecule has 0 bridgehead atoms. The SMILES string of the molecule is CNC(=O)c1ccc(CNC(=O)c2cncc(O)c2)cc1. The lowest BCUT2D eigenvalue weighted by atomic mass is 10.1. The molecule has 2 aromatic rings. The Kier molecular flexibility index (Phi) is 4.50. The third-order valence-corrected chi connectivity index (χ3v) is 2.88. The van der Waals surface area contributed by atoms with Gasteiger partial charge in [-0.05, 0) is 23.8 Å². The molecular formula is C15H15N3O3. The van der Waals surface area contributed by atoms with Crippen molar-refractivity contribution in [1.29, 1.82) is 0 Å². The molecule has 0 atom stereocenters. The first-order valence-electron chi connectivity index (χ1n) is 6.33. The van der Waals surface area contributed by atoms with E-state index in [0.29, 0.717) is 12.1 Å². The van der Waals surface area contributed by atoms with Crippen LogP contribution in [0.3, 0.4) is 0 Å². The highest BCUT2D eigenvalue weighted by atomic mass is 16.3. The maximum Gasteiger partial charge on any atom is 0.253 e. The smallest absolute Gasteiger partial charge is 0.253 e. The number of carbonyl (C=O) groups is 2. The van der Waals surface area contributed by atoms with E-state index in [1.54, 1.807) is 31.3 Å². The molecule has 2 rings (SSSR count). The van der Waals surface area contributed by atoms with Gasteiger partial charge in [-0.25, -0.2) is 0 Å². The summed E-state index contributed by atoms with van der Waals surface area (Å²) in [6, 6.07) is 8.26. The Hall–Kier alpha value is -2.89. The van der Waals surface area contributed by atoms with Gasteiger partial charge in [-0.2, -0.15) is 0 Å². The van der Waals surface area contributed by atoms with Crippen LogP contribution in [0.15, 0.2) is 42.7 Å². The number of hydrogen-bond donors (Lipinski definition) is 3. The Bertz CT molecular complexity index is 653. The van der Waals surface area contributed by atoms with Gasteiger partial charge >= 0.3 is 0 Å². The number of nitrogens with zero attached hydrogens (tertiary/aromatic N) is 1. The molecule has 1 aromatic carbocycles.